The number of fused-ring (bicyclic) bond motifs is 1. The molecule has 3 aromatic rings. The number of rotatable bonds is 6. The number of hydrogen-bond donors (Lipinski definition) is 1. The molecule has 27 heavy (non-hydrogen) atoms. The van der Waals surface area contributed by atoms with Crippen LogP contribution in [0.5, 0.6) is 0 Å². The number of nitrogens with zero attached hydrogens (tertiary/aromatic N) is 4. The van der Waals surface area contributed by atoms with Gasteiger partial charge in [0.2, 0.25) is 5.89 Å². The van der Waals surface area contributed by atoms with E-state index in [1.54, 1.807) is 0 Å². The number of aromatic nitrogens is 4. The predicted octanol–water partition coefficient (Wildman–Crippen LogP) is 1.97. The molecule has 2 aromatic heterocycles. The Kier molecular flexibility index (Phi) is 4.72. The molecule has 4 rings (SSSR count). The van der Waals surface area contributed by atoms with Crippen LogP contribution in [0.4, 0.5) is 5.82 Å². The van der Waals surface area contributed by atoms with Gasteiger partial charge in [-0.2, -0.15) is 4.98 Å². The van der Waals surface area contributed by atoms with Crippen LogP contribution in [0.15, 0.2) is 49.4 Å². The van der Waals surface area contributed by atoms with Crippen LogP contribution in [-0.2, 0) is 25.8 Å². The van der Waals surface area contributed by atoms with Gasteiger partial charge in [0.1, 0.15) is 11.0 Å². The molecule has 1 N–H and O–H groups in total. The Labute approximate surface area is 158 Å². The van der Waals surface area contributed by atoms with Crippen LogP contribution < -0.4 is 11.2 Å². The summed E-state index contributed by atoms with van der Waals surface area (Å²) in [5, 5.41) is 4.26. The van der Waals surface area contributed by atoms with Crippen molar-refractivity contribution in [3.63, 3.8) is 0 Å². The molecule has 0 spiro atoms. The Morgan fingerprint density at radius 1 is 1.22 bits per heavy atom. The van der Waals surface area contributed by atoms with Crippen LogP contribution in [0.3, 0.4) is 0 Å². The highest BCUT2D eigenvalue weighted by atomic mass is 35.5. The smallest absolute Gasteiger partial charge is 0.329 e. The van der Waals surface area contributed by atoms with Gasteiger partial charge < -0.3 is 4.52 Å². The van der Waals surface area contributed by atoms with E-state index in [9.17, 15) is 9.59 Å². The third-order valence-corrected chi connectivity index (χ3v) is 4.52. The average Bonchev–Trinajstić information content (AvgIpc) is 3.24. The molecule has 1 aliphatic rings. The van der Waals surface area contributed by atoms with Crippen molar-refractivity contribution in [3.8, 4) is 0 Å². The number of aromatic amines is 1. The minimum Gasteiger partial charge on any atom is -0.339 e. The summed E-state index contributed by atoms with van der Waals surface area (Å²) in [5.74, 6) is 1.35. The molecule has 0 aliphatic carbocycles. The van der Waals surface area contributed by atoms with Crippen molar-refractivity contribution in [2.75, 3.05) is 0 Å². The normalized spacial score (nSPS) is 12.9. The van der Waals surface area contributed by atoms with Gasteiger partial charge in [0.05, 0.1) is 12.0 Å². The molecule has 3 heterocycles. The quantitative estimate of drug-likeness (QED) is 0.698. The van der Waals surface area contributed by atoms with Crippen LogP contribution >= 0.6 is 11.6 Å². The van der Waals surface area contributed by atoms with Crippen molar-refractivity contribution >= 4 is 22.6 Å². The van der Waals surface area contributed by atoms with Crippen molar-refractivity contribution in [2.24, 2.45) is 4.99 Å². The molecule has 0 saturated heterocycles. The summed E-state index contributed by atoms with van der Waals surface area (Å²) < 4.78 is 6.43. The second-order valence-electron chi connectivity index (χ2n) is 6.25. The molecule has 0 bridgehead atoms. The summed E-state index contributed by atoms with van der Waals surface area (Å²) in [5.41, 5.74) is 0.659. The summed E-state index contributed by atoms with van der Waals surface area (Å²) in [6, 6.07) is 9.84. The zero-order chi connectivity index (χ0) is 18.8. The first-order chi connectivity index (χ1) is 13.1. The highest BCUT2D eigenvalue weighted by Gasteiger charge is 2.20. The van der Waals surface area contributed by atoms with Gasteiger partial charge in [0.15, 0.2) is 5.82 Å². The van der Waals surface area contributed by atoms with E-state index in [0.717, 1.165) is 10.1 Å². The average molecular weight is 386 g/mol. The van der Waals surface area contributed by atoms with Gasteiger partial charge in [-0.05, 0) is 12.0 Å². The summed E-state index contributed by atoms with van der Waals surface area (Å²) in [4.78, 5) is 35.5. The number of H-pyrrole nitrogens is 1. The first kappa shape index (κ1) is 17.4. The van der Waals surface area contributed by atoms with Crippen LogP contribution in [-0.4, -0.2) is 24.9 Å². The lowest BCUT2D eigenvalue weighted by molar-refractivity contribution is 0.378. The van der Waals surface area contributed by atoms with E-state index in [4.69, 9.17) is 16.1 Å². The fraction of sp³-hybridized carbons (Fsp3) is 0.278. The number of nitrogens with one attached hydrogen (secondary N) is 1. The zero-order valence-electron chi connectivity index (χ0n) is 14.3. The summed E-state index contributed by atoms with van der Waals surface area (Å²) in [6.45, 7) is 0.252. The standard InChI is InChI=1S/C18H16ClN5O3/c19-13-10-12-16(20-13)22-18(26)24(17(12)25)8-4-7-14-21-15(27-23-14)9-11-5-2-1-3-6-11/h1-3,5-6H,4,7-10H2,(H,22,26). The third kappa shape index (κ3) is 3.75. The highest BCUT2D eigenvalue weighted by Crippen LogP contribution is 2.20. The molecule has 0 saturated carbocycles. The van der Waals surface area contributed by atoms with Crippen molar-refractivity contribution < 1.29 is 4.52 Å². The maximum Gasteiger partial charge on any atom is 0.329 e. The molecule has 1 aromatic carbocycles. The topological polar surface area (TPSA) is 106 Å². The van der Waals surface area contributed by atoms with Gasteiger partial charge in [-0.15, -0.1) is 0 Å². The minimum atomic E-state index is -0.494. The molecule has 0 radical (unpaired) electrons. The molecule has 0 amide bonds. The third-order valence-electron chi connectivity index (χ3n) is 4.31. The predicted molar refractivity (Wildman–Crippen MR) is 99.8 cm³/mol. The number of aliphatic imine (C=N–C) groups is 1. The second kappa shape index (κ2) is 7.32. The van der Waals surface area contributed by atoms with E-state index >= 15 is 0 Å². The SMILES string of the molecule is O=c1[nH]c2c(c(=O)n1CCCc1noc(Cc3ccccc3)n1)CC(Cl)=N2. The Hall–Kier alpha value is -3.00. The Balaban J connectivity index is 1.39. The number of aryl methyl sites for hydroxylation is 1. The second-order valence-corrected chi connectivity index (χ2v) is 6.69. The fourth-order valence-electron chi connectivity index (χ4n) is 2.99. The lowest BCUT2D eigenvalue weighted by Gasteiger charge is -2.05. The molecule has 9 heteroatoms. The van der Waals surface area contributed by atoms with E-state index < -0.39 is 5.69 Å². The molecule has 0 unspecified atom stereocenters. The van der Waals surface area contributed by atoms with Crippen molar-refractivity contribution in [3.05, 3.63) is 74.0 Å². The lowest BCUT2D eigenvalue weighted by atomic mass is 10.1. The van der Waals surface area contributed by atoms with E-state index in [2.05, 4.69) is 20.1 Å². The van der Waals surface area contributed by atoms with Crippen LogP contribution in [0.1, 0.15) is 29.3 Å². The van der Waals surface area contributed by atoms with Crippen molar-refractivity contribution in [2.45, 2.75) is 32.2 Å². The van der Waals surface area contributed by atoms with E-state index in [1.807, 2.05) is 30.3 Å². The summed E-state index contributed by atoms with van der Waals surface area (Å²) in [7, 11) is 0. The molecular weight excluding hydrogens is 370 g/mol. The van der Waals surface area contributed by atoms with E-state index in [-0.39, 0.29) is 24.3 Å². The molecule has 0 atom stereocenters. The Morgan fingerprint density at radius 3 is 2.85 bits per heavy atom. The minimum absolute atomic E-state index is 0.250. The van der Waals surface area contributed by atoms with Gasteiger partial charge in [-0.1, -0.05) is 47.1 Å². The molecular formula is C18H16ClN5O3. The van der Waals surface area contributed by atoms with Crippen molar-refractivity contribution in [1.82, 2.24) is 19.7 Å². The van der Waals surface area contributed by atoms with Crippen LogP contribution in [0.25, 0.3) is 0 Å². The molecule has 1 aliphatic heterocycles. The Bertz CT molecular complexity index is 1110. The summed E-state index contributed by atoms with van der Waals surface area (Å²) >= 11 is 5.85. The maximum atomic E-state index is 12.4. The Morgan fingerprint density at radius 2 is 2.04 bits per heavy atom. The van der Waals surface area contributed by atoms with Gasteiger partial charge >= 0.3 is 5.69 Å². The fourth-order valence-corrected chi connectivity index (χ4v) is 3.21. The summed E-state index contributed by atoms with van der Waals surface area (Å²) in [6.07, 6.45) is 1.85. The zero-order valence-corrected chi connectivity index (χ0v) is 15.1. The van der Waals surface area contributed by atoms with Gasteiger partial charge in [-0.25, -0.2) is 9.79 Å². The monoisotopic (exact) mass is 385 g/mol. The molecule has 138 valence electrons. The number of benzene rings is 1. The molecule has 0 fully saturated rings. The van der Waals surface area contributed by atoms with Gasteiger partial charge in [0.25, 0.3) is 5.56 Å². The van der Waals surface area contributed by atoms with Gasteiger partial charge in [0, 0.05) is 19.4 Å². The largest absolute Gasteiger partial charge is 0.339 e. The highest BCUT2D eigenvalue weighted by molar-refractivity contribution is 6.66. The van der Waals surface area contributed by atoms with Crippen LogP contribution in [0, 0.1) is 0 Å². The molecule has 8 nitrogen and oxygen atoms in total. The maximum absolute atomic E-state index is 12.4. The first-order valence-corrected chi connectivity index (χ1v) is 8.92. The van der Waals surface area contributed by atoms with E-state index in [1.165, 1.54) is 0 Å². The van der Waals surface area contributed by atoms with E-state index in [0.29, 0.717) is 41.7 Å². The van der Waals surface area contributed by atoms with Crippen molar-refractivity contribution in [1.29, 1.82) is 0 Å². The van der Waals surface area contributed by atoms with Gasteiger partial charge in [-0.3, -0.25) is 14.3 Å². The first-order valence-electron chi connectivity index (χ1n) is 8.54. The van der Waals surface area contributed by atoms with Crippen LogP contribution in [0.2, 0.25) is 0 Å². The lowest BCUT2D eigenvalue weighted by Crippen LogP contribution is -2.36. The number of hydrogen-bond acceptors (Lipinski definition) is 6. The number of halogens is 1.